The molecule has 124 valence electrons. The maximum absolute atomic E-state index is 12.5. The number of amides is 2. The molecule has 2 unspecified atom stereocenters. The lowest BCUT2D eigenvalue weighted by molar-refractivity contribution is -0.149. The van der Waals surface area contributed by atoms with E-state index in [4.69, 9.17) is 4.74 Å². The number of rotatable bonds is 3. The Kier molecular flexibility index (Phi) is 4.30. The van der Waals surface area contributed by atoms with Crippen LogP contribution in [-0.2, 0) is 9.53 Å². The lowest BCUT2D eigenvalue weighted by atomic mass is 9.81. The van der Waals surface area contributed by atoms with Crippen molar-refractivity contribution in [1.82, 2.24) is 10.2 Å². The molecule has 22 heavy (non-hydrogen) atoms. The van der Waals surface area contributed by atoms with E-state index in [0.29, 0.717) is 19.5 Å². The Morgan fingerprint density at radius 3 is 2.68 bits per heavy atom. The number of aliphatic carboxylic acids is 1. The number of carboxylic acids is 1. The second-order valence-corrected chi connectivity index (χ2v) is 7.05. The number of carboxylic acid groups (broad SMARTS) is 1. The van der Waals surface area contributed by atoms with Gasteiger partial charge in [0.25, 0.3) is 0 Å². The number of fused-ring (bicyclic) bond motifs is 1. The van der Waals surface area contributed by atoms with Gasteiger partial charge in [-0.05, 0) is 31.6 Å². The number of carbonyl (C=O) groups excluding carboxylic acids is 1. The first-order valence-electron chi connectivity index (χ1n) is 8.38. The monoisotopic (exact) mass is 310 g/mol. The van der Waals surface area contributed by atoms with Crippen molar-refractivity contribution in [2.24, 2.45) is 11.3 Å². The van der Waals surface area contributed by atoms with Gasteiger partial charge in [0.15, 0.2) is 0 Å². The third-order valence-electron chi connectivity index (χ3n) is 5.90. The topological polar surface area (TPSA) is 78.9 Å². The van der Waals surface area contributed by atoms with E-state index in [1.54, 1.807) is 12.0 Å². The molecule has 1 saturated heterocycles. The van der Waals surface area contributed by atoms with Gasteiger partial charge in [-0.1, -0.05) is 19.3 Å². The minimum Gasteiger partial charge on any atom is -0.481 e. The smallest absolute Gasteiger partial charge is 0.317 e. The van der Waals surface area contributed by atoms with Gasteiger partial charge in [0, 0.05) is 20.2 Å². The van der Waals surface area contributed by atoms with Gasteiger partial charge in [0.2, 0.25) is 0 Å². The average Bonchev–Trinajstić information content (AvgIpc) is 3.05. The molecule has 2 saturated carbocycles. The highest BCUT2D eigenvalue weighted by Gasteiger charge is 2.56. The molecule has 2 aliphatic carbocycles. The molecule has 0 radical (unpaired) electrons. The zero-order valence-electron chi connectivity index (χ0n) is 13.2. The number of likely N-dealkylation sites (tertiary alicyclic amines) is 1. The number of nitrogens with zero attached hydrogens (tertiary/aromatic N) is 1. The zero-order valence-corrected chi connectivity index (χ0v) is 13.2. The molecule has 3 aliphatic rings. The fraction of sp³-hybridized carbons (Fsp3) is 0.875. The second kappa shape index (κ2) is 6.07. The van der Waals surface area contributed by atoms with E-state index in [-0.39, 0.29) is 24.1 Å². The van der Waals surface area contributed by atoms with Crippen LogP contribution in [0.1, 0.15) is 44.9 Å². The molecule has 0 aromatic heterocycles. The summed E-state index contributed by atoms with van der Waals surface area (Å²) in [7, 11) is 1.69. The van der Waals surface area contributed by atoms with Crippen LogP contribution in [0.5, 0.6) is 0 Å². The third kappa shape index (κ3) is 2.57. The lowest BCUT2D eigenvalue weighted by Crippen LogP contribution is -2.51. The van der Waals surface area contributed by atoms with E-state index in [1.165, 1.54) is 0 Å². The van der Waals surface area contributed by atoms with E-state index >= 15 is 0 Å². The number of carbonyl (C=O) groups is 2. The van der Waals surface area contributed by atoms with Crippen LogP contribution in [0.15, 0.2) is 0 Å². The molecular weight excluding hydrogens is 284 g/mol. The fourth-order valence-corrected chi connectivity index (χ4v) is 4.59. The molecule has 6 heteroatoms. The van der Waals surface area contributed by atoms with Crippen molar-refractivity contribution in [1.29, 1.82) is 0 Å². The van der Waals surface area contributed by atoms with Gasteiger partial charge in [-0.15, -0.1) is 0 Å². The normalized spacial score (nSPS) is 37.9. The Morgan fingerprint density at radius 2 is 2.00 bits per heavy atom. The van der Waals surface area contributed by atoms with Crippen molar-refractivity contribution in [2.45, 2.75) is 57.1 Å². The summed E-state index contributed by atoms with van der Waals surface area (Å²) in [5.41, 5.74) is -0.704. The molecule has 4 atom stereocenters. The van der Waals surface area contributed by atoms with Crippen LogP contribution in [0.2, 0.25) is 0 Å². The maximum atomic E-state index is 12.5. The van der Waals surface area contributed by atoms with E-state index in [9.17, 15) is 14.7 Å². The summed E-state index contributed by atoms with van der Waals surface area (Å²) in [4.78, 5) is 25.9. The standard InChI is InChI=1S/C16H26N2O4/c1-22-13-7-3-2-6-12(13)17-15(21)18-9-11-5-4-8-16(11,10-18)14(19)20/h11-13H,2-10H2,1H3,(H,17,21)(H,19,20)/t11-,12?,13?,16+/m0/s1. The van der Waals surface area contributed by atoms with Crippen LogP contribution in [0.3, 0.4) is 0 Å². The Morgan fingerprint density at radius 1 is 1.23 bits per heavy atom. The van der Waals surface area contributed by atoms with Gasteiger partial charge in [-0.2, -0.15) is 0 Å². The Hall–Kier alpha value is -1.30. The highest BCUT2D eigenvalue weighted by Crippen LogP contribution is 2.48. The van der Waals surface area contributed by atoms with Crippen molar-refractivity contribution in [3.63, 3.8) is 0 Å². The summed E-state index contributed by atoms with van der Waals surface area (Å²) in [5, 5.41) is 12.7. The van der Waals surface area contributed by atoms with Crippen LogP contribution in [0.25, 0.3) is 0 Å². The Labute approximate surface area is 131 Å². The number of hydrogen-bond acceptors (Lipinski definition) is 3. The van der Waals surface area contributed by atoms with E-state index in [1.807, 2.05) is 0 Å². The van der Waals surface area contributed by atoms with E-state index in [0.717, 1.165) is 38.5 Å². The summed E-state index contributed by atoms with van der Waals surface area (Å²) < 4.78 is 5.47. The number of methoxy groups -OCH3 is 1. The first-order chi connectivity index (χ1) is 10.6. The van der Waals surface area contributed by atoms with Crippen molar-refractivity contribution in [2.75, 3.05) is 20.2 Å². The minimum absolute atomic E-state index is 0.0486. The highest BCUT2D eigenvalue weighted by atomic mass is 16.5. The van der Waals surface area contributed by atoms with Crippen LogP contribution in [0, 0.1) is 11.3 Å². The predicted molar refractivity (Wildman–Crippen MR) is 80.6 cm³/mol. The molecule has 0 bridgehead atoms. The average molecular weight is 310 g/mol. The SMILES string of the molecule is COC1CCCCC1NC(=O)N1C[C@@H]2CCC[C@@]2(C(=O)O)C1. The Balaban J connectivity index is 1.63. The van der Waals surface area contributed by atoms with Crippen LogP contribution in [0.4, 0.5) is 4.79 Å². The largest absolute Gasteiger partial charge is 0.481 e. The second-order valence-electron chi connectivity index (χ2n) is 7.05. The predicted octanol–water partition coefficient (Wildman–Crippen LogP) is 1.84. The first-order valence-corrected chi connectivity index (χ1v) is 8.38. The molecule has 0 aromatic carbocycles. The summed E-state index contributed by atoms with van der Waals surface area (Å²) in [6.07, 6.45) is 6.80. The van der Waals surface area contributed by atoms with Gasteiger partial charge < -0.3 is 20.1 Å². The van der Waals surface area contributed by atoms with Crippen LogP contribution >= 0.6 is 0 Å². The molecule has 6 nitrogen and oxygen atoms in total. The van der Waals surface area contributed by atoms with Gasteiger partial charge in [0.05, 0.1) is 17.6 Å². The molecule has 1 heterocycles. The zero-order chi connectivity index (χ0) is 15.7. The summed E-state index contributed by atoms with van der Waals surface area (Å²) in [6, 6.07) is -0.0727. The number of ether oxygens (including phenoxy) is 1. The highest BCUT2D eigenvalue weighted by molar-refractivity contribution is 5.80. The summed E-state index contributed by atoms with van der Waals surface area (Å²) >= 11 is 0. The Bertz CT molecular complexity index is 455. The fourth-order valence-electron chi connectivity index (χ4n) is 4.59. The number of hydrogen-bond donors (Lipinski definition) is 2. The van der Waals surface area contributed by atoms with Crippen molar-refractivity contribution in [3.8, 4) is 0 Å². The van der Waals surface area contributed by atoms with Gasteiger partial charge >= 0.3 is 12.0 Å². The molecule has 2 amide bonds. The third-order valence-corrected chi connectivity index (χ3v) is 5.90. The lowest BCUT2D eigenvalue weighted by Gasteiger charge is -2.32. The molecular formula is C16H26N2O4. The van der Waals surface area contributed by atoms with Gasteiger partial charge in [-0.3, -0.25) is 4.79 Å². The van der Waals surface area contributed by atoms with Gasteiger partial charge in [-0.25, -0.2) is 4.79 Å². The van der Waals surface area contributed by atoms with Crippen molar-refractivity contribution < 1.29 is 19.4 Å². The summed E-state index contributed by atoms with van der Waals surface area (Å²) in [5.74, 6) is -0.627. The van der Waals surface area contributed by atoms with Gasteiger partial charge in [0.1, 0.15) is 0 Å². The molecule has 2 N–H and O–H groups in total. The molecule has 0 aromatic rings. The number of nitrogens with one attached hydrogen (secondary N) is 1. The van der Waals surface area contributed by atoms with Crippen LogP contribution < -0.4 is 5.32 Å². The van der Waals surface area contributed by atoms with Crippen molar-refractivity contribution in [3.05, 3.63) is 0 Å². The van der Waals surface area contributed by atoms with Crippen LogP contribution in [-0.4, -0.2) is 54.4 Å². The molecule has 0 spiro atoms. The van der Waals surface area contributed by atoms with Crippen molar-refractivity contribution >= 4 is 12.0 Å². The molecule has 3 fully saturated rings. The number of urea groups is 1. The molecule has 1 aliphatic heterocycles. The van der Waals surface area contributed by atoms with E-state index in [2.05, 4.69) is 5.32 Å². The maximum Gasteiger partial charge on any atom is 0.317 e. The summed E-state index contributed by atoms with van der Waals surface area (Å²) in [6.45, 7) is 0.922. The molecule has 3 rings (SSSR count). The minimum atomic E-state index is -0.738. The quantitative estimate of drug-likeness (QED) is 0.833. The first kappa shape index (κ1) is 15.6. The van der Waals surface area contributed by atoms with E-state index < -0.39 is 11.4 Å².